The van der Waals surface area contributed by atoms with E-state index in [1.165, 1.54) is 0 Å². The van der Waals surface area contributed by atoms with Gasteiger partial charge in [0, 0.05) is 22.3 Å². The van der Waals surface area contributed by atoms with Gasteiger partial charge in [-0.05, 0) is 43.3 Å². The normalized spacial score (nSPS) is 10.7. The summed E-state index contributed by atoms with van der Waals surface area (Å²) in [5.41, 5.74) is 3.07. The van der Waals surface area contributed by atoms with Crippen molar-refractivity contribution in [2.45, 2.75) is 19.9 Å². The number of likely N-dealkylation sites (N-methyl/N-ethyl adjacent to an activating group) is 1. The molecular weight excluding hydrogens is 368 g/mol. The molecule has 0 aliphatic heterocycles. The summed E-state index contributed by atoms with van der Waals surface area (Å²) in [6, 6.07) is 13.8. The molecule has 0 heterocycles. The van der Waals surface area contributed by atoms with E-state index < -0.39 is 0 Å². The Morgan fingerprint density at radius 1 is 1.21 bits per heavy atom. The number of aryl methyl sites for hydroxylation is 1. The van der Waals surface area contributed by atoms with Gasteiger partial charge in [-0.25, -0.2) is 0 Å². The van der Waals surface area contributed by atoms with Gasteiger partial charge in [-0.3, -0.25) is 9.69 Å². The Bertz CT molecular complexity index is 704. The van der Waals surface area contributed by atoms with Crippen LogP contribution in [0.25, 0.3) is 0 Å². The summed E-state index contributed by atoms with van der Waals surface area (Å²) in [6.45, 7) is 3.02. The van der Waals surface area contributed by atoms with E-state index in [0.29, 0.717) is 13.1 Å². The molecule has 2 aromatic rings. The second kappa shape index (κ2) is 8.85. The van der Waals surface area contributed by atoms with Crippen molar-refractivity contribution in [2.24, 2.45) is 0 Å². The van der Waals surface area contributed by atoms with E-state index in [4.69, 9.17) is 4.74 Å². The van der Waals surface area contributed by atoms with Crippen LogP contribution in [0.3, 0.4) is 0 Å². The summed E-state index contributed by atoms with van der Waals surface area (Å²) in [7, 11) is 3.58. The lowest BCUT2D eigenvalue weighted by Crippen LogP contribution is -2.30. The van der Waals surface area contributed by atoms with Gasteiger partial charge in [0.05, 0.1) is 13.7 Å². The SMILES string of the molecule is CCc1ccccc1NC(=O)CN(C)Cc1cc(Br)ccc1OC. The number of hydrogen-bond acceptors (Lipinski definition) is 3. The van der Waals surface area contributed by atoms with Gasteiger partial charge in [-0.1, -0.05) is 41.1 Å². The van der Waals surface area contributed by atoms with Gasteiger partial charge in [-0.15, -0.1) is 0 Å². The quantitative estimate of drug-likeness (QED) is 0.773. The first-order chi connectivity index (χ1) is 11.5. The highest BCUT2D eigenvalue weighted by atomic mass is 79.9. The maximum Gasteiger partial charge on any atom is 0.238 e. The van der Waals surface area contributed by atoms with Gasteiger partial charge in [0.25, 0.3) is 0 Å². The molecule has 0 unspecified atom stereocenters. The molecule has 0 saturated carbocycles. The van der Waals surface area contributed by atoms with Gasteiger partial charge in [-0.2, -0.15) is 0 Å². The van der Waals surface area contributed by atoms with Gasteiger partial charge in [0.1, 0.15) is 5.75 Å². The van der Waals surface area contributed by atoms with E-state index in [1.807, 2.05) is 54.4 Å². The molecule has 2 aromatic carbocycles. The predicted molar refractivity (Wildman–Crippen MR) is 101 cm³/mol. The molecule has 0 radical (unpaired) electrons. The first kappa shape index (κ1) is 18.5. The monoisotopic (exact) mass is 390 g/mol. The minimum absolute atomic E-state index is 0.0210. The van der Waals surface area contributed by atoms with Crippen LogP contribution in [0.1, 0.15) is 18.1 Å². The fourth-order valence-corrected chi connectivity index (χ4v) is 3.01. The van der Waals surface area contributed by atoms with Crippen molar-refractivity contribution in [1.82, 2.24) is 4.90 Å². The Hall–Kier alpha value is -1.85. The molecule has 0 bridgehead atoms. The van der Waals surface area contributed by atoms with E-state index >= 15 is 0 Å². The topological polar surface area (TPSA) is 41.6 Å². The third kappa shape index (κ3) is 5.08. The average molecular weight is 391 g/mol. The molecule has 1 amide bonds. The highest BCUT2D eigenvalue weighted by molar-refractivity contribution is 9.10. The van der Waals surface area contributed by atoms with Gasteiger partial charge < -0.3 is 10.1 Å². The van der Waals surface area contributed by atoms with Gasteiger partial charge in [0.2, 0.25) is 5.91 Å². The highest BCUT2D eigenvalue weighted by Gasteiger charge is 2.12. The van der Waals surface area contributed by atoms with Crippen molar-refractivity contribution in [2.75, 3.05) is 26.0 Å². The van der Waals surface area contributed by atoms with E-state index in [2.05, 4.69) is 28.2 Å². The number of rotatable bonds is 7. The average Bonchev–Trinajstić information content (AvgIpc) is 2.55. The number of methoxy groups -OCH3 is 1. The van der Waals surface area contributed by atoms with Crippen LogP contribution in [-0.4, -0.2) is 31.5 Å². The van der Waals surface area contributed by atoms with E-state index in [9.17, 15) is 4.79 Å². The minimum Gasteiger partial charge on any atom is -0.496 e. The Morgan fingerprint density at radius 2 is 1.96 bits per heavy atom. The maximum atomic E-state index is 12.3. The molecule has 0 aromatic heterocycles. The number of para-hydroxylation sites is 1. The summed E-state index contributed by atoms with van der Waals surface area (Å²) < 4.78 is 6.38. The van der Waals surface area contributed by atoms with E-state index in [0.717, 1.165) is 33.5 Å². The molecule has 5 heteroatoms. The van der Waals surface area contributed by atoms with Crippen LogP contribution >= 0.6 is 15.9 Å². The van der Waals surface area contributed by atoms with Crippen LogP contribution in [0.4, 0.5) is 5.69 Å². The third-order valence-corrected chi connectivity index (χ3v) is 4.26. The molecule has 0 aliphatic rings. The summed E-state index contributed by atoms with van der Waals surface area (Å²) in [5.74, 6) is 0.800. The molecule has 24 heavy (non-hydrogen) atoms. The van der Waals surface area contributed by atoms with E-state index in [-0.39, 0.29) is 5.91 Å². The molecule has 2 rings (SSSR count). The summed E-state index contributed by atoms with van der Waals surface area (Å²) >= 11 is 3.47. The minimum atomic E-state index is -0.0210. The molecule has 0 atom stereocenters. The molecule has 0 aliphatic carbocycles. The fraction of sp³-hybridized carbons (Fsp3) is 0.316. The molecule has 0 fully saturated rings. The second-order valence-corrected chi connectivity index (χ2v) is 6.60. The number of nitrogens with zero attached hydrogens (tertiary/aromatic N) is 1. The van der Waals surface area contributed by atoms with Crippen LogP contribution in [0, 0.1) is 0 Å². The molecule has 0 spiro atoms. The predicted octanol–water partition coefficient (Wildman–Crippen LogP) is 4.09. The van der Waals surface area contributed by atoms with Crippen LogP contribution < -0.4 is 10.1 Å². The standard InChI is InChI=1S/C19H23BrN2O2/c1-4-14-7-5-6-8-17(14)21-19(23)13-22(2)12-15-11-16(20)9-10-18(15)24-3/h5-11H,4,12-13H2,1-3H3,(H,21,23). The Labute approximate surface area is 151 Å². The second-order valence-electron chi connectivity index (χ2n) is 5.69. The fourth-order valence-electron chi connectivity index (χ4n) is 2.60. The van der Waals surface area contributed by atoms with Crippen molar-refractivity contribution < 1.29 is 9.53 Å². The van der Waals surface area contributed by atoms with Crippen molar-refractivity contribution in [1.29, 1.82) is 0 Å². The zero-order valence-corrected chi connectivity index (χ0v) is 15.9. The molecule has 0 saturated heterocycles. The van der Waals surface area contributed by atoms with Crippen LogP contribution in [0.15, 0.2) is 46.9 Å². The Morgan fingerprint density at radius 3 is 2.67 bits per heavy atom. The largest absolute Gasteiger partial charge is 0.496 e. The summed E-state index contributed by atoms with van der Waals surface area (Å²) in [4.78, 5) is 14.3. The highest BCUT2D eigenvalue weighted by Crippen LogP contribution is 2.24. The molecule has 1 N–H and O–H groups in total. The van der Waals surface area contributed by atoms with Crippen molar-refractivity contribution in [3.63, 3.8) is 0 Å². The number of benzene rings is 2. The maximum absolute atomic E-state index is 12.3. The number of hydrogen-bond donors (Lipinski definition) is 1. The first-order valence-corrected chi connectivity index (χ1v) is 8.71. The number of carbonyl (C=O) groups excluding carboxylic acids is 1. The number of carbonyl (C=O) groups is 1. The lowest BCUT2D eigenvalue weighted by atomic mass is 10.1. The zero-order chi connectivity index (χ0) is 17.5. The third-order valence-electron chi connectivity index (χ3n) is 3.77. The first-order valence-electron chi connectivity index (χ1n) is 7.92. The molecule has 128 valence electrons. The number of halogens is 1. The Balaban J connectivity index is 1.98. The van der Waals surface area contributed by atoms with E-state index in [1.54, 1.807) is 7.11 Å². The smallest absolute Gasteiger partial charge is 0.238 e. The number of anilines is 1. The summed E-state index contributed by atoms with van der Waals surface area (Å²) in [6.07, 6.45) is 0.890. The lowest BCUT2D eigenvalue weighted by molar-refractivity contribution is -0.117. The van der Waals surface area contributed by atoms with Crippen molar-refractivity contribution in [3.8, 4) is 5.75 Å². The number of amides is 1. The molecular formula is C19H23BrN2O2. The van der Waals surface area contributed by atoms with Gasteiger partial charge in [0.15, 0.2) is 0 Å². The zero-order valence-electron chi connectivity index (χ0n) is 14.3. The number of nitrogens with one attached hydrogen (secondary N) is 1. The summed E-state index contributed by atoms with van der Waals surface area (Å²) in [5, 5.41) is 3.00. The van der Waals surface area contributed by atoms with Crippen LogP contribution in [0.2, 0.25) is 0 Å². The van der Waals surface area contributed by atoms with Crippen LogP contribution in [-0.2, 0) is 17.8 Å². The molecule has 4 nitrogen and oxygen atoms in total. The van der Waals surface area contributed by atoms with Crippen LogP contribution in [0.5, 0.6) is 5.75 Å². The van der Waals surface area contributed by atoms with Gasteiger partial charge >= 0.3 is 0 Å². The lowest BCUT2D eigenvalue weighted by Gasteiger charge is -2.19. The van der Waals surface area contributed by atoms with Crippen molar-refractivity contribution in [3.05, 3.63) is 58.1 Å². The Kier molecular flexibility index (Phi) is 6.82. The van der Waals surface area contributed by atoms with Crippen molar-refractivity contribution >= 4 is 27.5 Å². The number of ether oxygens (including phenoxy) is 1.